The smallest absolute Gasteiger partial charge is 0.248 e. The average molecular weight is 269 g/mol. The lowest BCUT2D eigenvalue weighted by atomic mass is 10.1. The molecule has 20 heavy (non-hydrogen) atoms. The van der Waals surface area contributed by atoms with Gasteiger partial charge >= 0.3 is 0 Å². The van der Waals surface area contributed by atoms with Gasteiger partial charge in [-0.05, 0) is 35.2 Å². The minimum atomic E-state index is -0.0930. The number of nitrogens with one attached hydrogen (secondary N) is 1. The SMILES string of the molecule is CC(C)COc1ccc(C=Cc2cc[nH]c(=O)c2)cc1. The number of hydrogen-bond acceptors (Lipinski definition) is 2. The standard InChI is InChI=1S/C17H19NO2/c1-13(2)12-20-16-7-5-14(6-8-16)3-4-15-9-10-18-17(19)11-15/h3-11,13H,12H2,1-2H3,(H,18,19). The van der Waals surface area contributed by atoms with Gasteiger partial charge in [0.1, 0.15) is 5.75 Å². The minimum Gasteiger partial charge on any atom is -0.493 e. The van der Waals surface area contributed by atoms with E-state index in [4.69, 9.17) is 4.74 Å². The molecule has 1 aromatic carbocycles. The summed E-state index contributed by atoms with van der Waals surface area (Å²) in [6.07, 6.45) is 5.53. The summed E-state index contributed by atoms with van der Waals surface area (Å²) in [7, 11) is 0. The van der Waals surface area contributed by atoms with E-state index in [1.807, 2.05) is 42.5 Å². The molecule has 1 aromatic heterocycles. The van der Waals surface area contributed by atoms with E-state index in [2.05, 4.69) is 18.8 Å². The van der Waals surface area contributed by atoms with Crippen LogP contribution in [0.2, 0.25) is 0 Å². The second-order valence-electron chi connectivity index (χ2n) is 5.09. The van der Waals surface area contributed by atoms with Gasteiger partial charge in [0.25, 0.3) is 0 Å². The molecule has 1 N–H and O–H groups in total. The Bertz CT molecular complexity index is 624. The van der Waals surface area contributed by atoms with Gasteiger partial charge in [0, 0.05) is 12.3 Å². The van der Waals surface area contributed by atoms with Crippen LogP contribution in [0.15, 0.2) is 47.4 Å². The lowest BCUT2D eigenvalue weighted by Gasteiger charge is -2.08. The van der Waals surface area contributed by atoms with Crippen molar-refractivity contribution in [1.82, 2.24) is 4.98 Å². The zero-order valence-electron chi connectivity index (χ0n) is 11.8. The second kappa shape index (κ2) is 6.75. The third-order valence-corrected chi connectivity index (χ3v) is 2.73. The Balaban J connectivity index is 2.01. The van der Waals surface area contributed by atoms with Gasteiger partial charge in [-0.15, -0.1) is 0 Å². The van der Waals surface area contributed by atoms with E-state index in [9.17, 15) is 4.79 Å². The van der Waals surface area contributed by atoms with Gasteiger partial charge < -0.3 is 9.72 Å². The van der Waals surface area contributed by atoms with Crippen molar-refractivity contribution in [2.45, 2.75) is 13.8 Å². The van der Waals surface area contributed by atoms with Crippen molar-refractivity contribution in [2.24, 2.45) is 5.92 Å². The largest absolute Gasteiger partial charge is 0.493 e. The van der Waals surface area contributed by atoms with Crippen molar-refractivity contribution < 1.29 is 4.74 Å². The van der Waals surface area contributed by atoms with Gasteiger partial charge in [-0.1, -0.05) is 38.1 Å². The number of hydrogen-bond donors (Lipinski definition) is 1. The first-order chi connectivity index (χ1) is 9.63. The van der Waals surface area contributed by atoms with Crippen LogP contribution in [-0.4, -0.2) is 11.6 Å². The molecule has 0 unspecified atom stereocenters. The molecule has 104 valence electrons. The number of benzene rings is 1. The van der Waals surface area contributed by atoms with E-state index >= 15 is 0 Å². The van der Waals surface area contributed by atoms with Crippen LogP contribution >= 0.6 is 0 Å². The molecule has 3 heteroatoms. The van der Waals surface area contributed by atoms with Gasteiger partial charge in [-0.2, -0.15) is 0 Å². The molecule has 0 spiro atoms. The van der Waals surface area contributed by atoms with Crippen molar-refractivity contribution in [3.8, 4) is 5.75 Å². The van der Waals surface area contributed by atoms with Crippen LogP contribution < -0.4 is 10.3 Å². The summed E-state index contributed by atoms with van der Waals surface area (Å²) in [6, 6.07) is 11.3. The average Bonchev–Trinajstić information content (AvgIpc) is 2.44. The fraction of sp³-hybridized carbons (Fsp3) is 0.235. The van der Waals surface area contributed by atoms with Gasteiger partial charge in [0.05, 0.1) is 6.61 Å². The number of aromatic amines is 1. The molecular weight excluding hydrogens is 250 g/mol. The summed E-state index contributed by atoms with van der Waals surface area (Å²) >= 11 is 0. The third-order valence-electron chi connectivity index (χ3n) is 2.73. The van der Waals surface area contributed by atoms with Crippen molar-refractivity contribution in [3.63, 3.8) is 0 Å². The molecule has 2 rings (SSSR count). The Morgan fingerprint density at radius 2 is 1.80 bits per heavy atom. The summed E-state index contributed by atoms with van der Waals surface area (Å²) in [5, 5.41) is 0. The van der Waals surface area contributed by atoms with Crippen molar-refractivity contribution in [3.05, 3.63) is 64.1 Å². The van der Waals surface area contributed by atoms with Gasteiger partial charge in [0.2, 0.25) is 5.56 Å². The highest BCUT2D eigenvalue weighted by atomic mass is 16.5. The van der Waals surface area contributed by atoms with Crippen LogP contribution in [0.5, 0.6) is 5.75 Å². The summed E-state index contributed by atoms with van der Waals surface area (Å²) in [5.74, 6) is 1.40. The van der Waals surface area contributed by atoms with Gasteiger partial charge in [-0.25, -0.2) is 0 Å². The summed E-state index contributed by atoms with van der Waals surface area (Å²) in [5.41, 5.74) is 1.86. The third kappa shape index (κ3) is 4.43. The Kier molecular flexibility index (Phi) is 4.77. The first kappa shape index (κ1) is 14.1. The number of ether oxygens (including phenoxy) is 1. The van der Waals surface area contributed by atoms with Crippen molar-refractivity contribution in [2.75, 3.05) is 6.61 Å². The lowest BCUT2D eigenvalue weighted by Crippen LogP contribution is -2.04. The Morgan fingerprint density at radius 3 is 2.45 bits per heavy atom. The molecule has 1 heterocycles. The highest BCUT2D eigenvalue weighted by Gasteiger charge is 1.96. The fourth-order valence-corrected chi connectivity index (χ4v) is 1.70. The Morgan fingerprint density at radius 1 is 1.10 bits per heavy atom. The van der Waals surface area contributed by atoms with Crippen LogP contribution in [0.25, 0.3) is 12.2 Å². The molecule has 0 bridgehead atoms. The Labute approximate surface area is 118 Å². The number of aromatic nitrogens is 1. The quantitative estimate of drug-likeness (QED) is 0.901. The van der Waals surface area contributed by atoms with Crippen molar-refractivity contribution >= 4 is 12.2 Å². The summed E-state index contributed by atoms with van der Waals surface area (Å²) in [6.45, 7) is 4.97. The Hall–Kier alpha value is -2.29. The maximum atomic E-state index is 11.2. The molecule has 2 aromatic rings. The molecular formula is C17H19NO2. The van der Waals surface area contributed by atoms with Crippen LogP contribution in [0, 0.1) is 5.92 Å². The predicted molar refractivity (Wildman–Crippen MR) is 82.8 cm³/mol. The van der Waals surface area contributed by atoms with Gasteiger partial charge in [-0.3, -0.25) is 4.79 Å². The molecule has 0 fully saturated rings. The monoisotopic (exact) mass is 269 g/mol. The van der Waals surface area contributed by atoms with E-state index in [0.29, 0.717) is 5.92 Å². The minimum absolute atomic E-state index is 0.0930. The normalized spacial score (nSPS) is 11.2. The number of pyridine rings is 1. The number of rotatable bonds is 5. The molecule has 3 nitrogen and oxygen atoms in total. The zero-order valence-corrected chi connectivity index (χ0v) is 11.8. The summed E-state index contributed by atoms with van der Waals surface area (Å²) in [4.78, 5) is 13.8. The highest BCUT2D eigenvalue weighted by Crippen LogP contribution is 2.15. The van der Waals surface area contributed by atoms with Crippen LogP contribution in [-0.2, 0) is 0 Å². The molecule has 0 amide bonds. The zero-order chi connectivity index (χ0) is 14.4. The lowest BCUT2D eigenvalue weighted by molar-refractivity contribution is 0.271. The first-order valence-electron chi connectivity index (χ1n) is 6.73. The van der Waals surface area contributed by atoms with Crippen LogP contribution in [0.1, 0.15) is 25.0 Å². The molecule has 0 radical (unpaired) electrons. The van der Waals surface area contributed by atoms with Crippen molar-refractivity contribution in [1.29, 1.82) is 0 Å². The predicted octanol–water partition coefficient (Wildman–Crippen LogP) is 3.58. The van der Waals surface area contributed by atoms with Crippen LogP contribution in [0.4, 0.5) is 0 Å². The second-order valence-corrected chi connectivity index (χ2v) is 5.09. The van der Waals surface area contributed by atoms with E-state index in [1.165, 1.54) is 0 Å². The topological polar surface area (TPSA) is 42.1 Å². The molecule has 0 aliphatic carbocycles. The van der Waals surface area contributed by atoms with E-state index in [1.54, 1.807) is 12.3 Å². The molecule has 0 aliphatic heterocycles. The molecule has 0 atom stereocenters. The van der Waals surface area contributed by atoms with Gasteiger partial charge in [0.15, 0.2) is 0 Å². The molecule has 0 saturated carbocycles. The fourth-order valence-electron chi connectivity index (χ4n) is 1.70. The van der Waals surface area contributed by atoms with E-state index in [-0.39, 0.29) is 5.56 Å². The molecule has 0 aliphatic rings. The summed E-state index contributed by atoms with van der Waals surface area (Å²) < 4.78 is 5.63. The first-order valence-corrected chi connectivity index (χ1v) is 6.73. The van der Waals surface area contributed by atoms with E-state index < -0.39 is 0 Å². The maximum Gasteiger partial charge on any atom is 0.248 e. The van der Waals surface area contributed by atoms with E-state index in [0.717, 1.165) is 23.5 Å². The maximum absolute atomic E-state index is 11.2. The van der Waals surface area contributed by atoms with Crippen LogP contribution in [0.3, 0.4) is 0 Å². The highest BCUT2D eigenvalue weighted by molar-refractivity contribution is 5.69. The number of H-pyrrole nitrogens is 1. The molecule has 0 saturated heterocycles.